The molecule has 6 nitrogen and oxygen atoms in total. The van der Waals surface area contributed by atoms with Crippen LogP contribution in [0, 0.1) is 5.92 Å². The SMILES string of the molecule is CC(C)C(CNc1ccc(S(N)(=O)=O)cc1C(F)(F)F)N1CCOCC1. The summed E-state index contributed by atoms with van der Waals surface area (Å²) in [6, 6.07) is 2.78. The number of ether oxygens (including phenoxy) is 1. The summed E-state index contributed by atoms with van der Waals surface area (Å²) in [6.45, 7) is 6.96. The van der Waals surface area contributed by atoms with Crippen molar-refractivity contribution in [3.8, 4) is 0 Å². The topological polar surface area (TPSA) is 84.7 Å². The van der Waals surface area contributed by atoms with Crippen molar-refractivity contribution in [3.63, 3.8) is 0 Å². The molecular weight excluding hydrogens is 371 g/mol. The maximum Gasteiger partial charge on any atom is 0.418 e. The van der Waals surface area contributed by atoms with Crippen LogP contribution in [0.3, 0.4) is 0 Å². The summed E-state index contributed by atoms with van der Waals surface area (Å²) < 4.78 is 68.1. The van der Waals surface area contributed by atoms with Crippen molar-refractivity contribution in [3.05, 3.63) is 23.8 Å². The van der Waals surface area contributed by atoms with Crippen molar-refractivity contribution in [2.75, 3.05) is 38.2 Å². The number of sulfonamides is 1. The van der Waals surface area contributed by atoms with E-state index in [0.29, 0.717) is 25.8 Å². The Bertz CT molecular complexity index is 717. The van der Waals surface area contributed by atoms with E-state index in [0.717, 1.165) is 25.2 Å². The normalized spacial score (nSPS) is 18.1. The molecule has 1 aromatic rings. The molecule has 0 bridgehead atoms. The zero-order valence-electron chi connectivity index (χ0n) is 14.7. The Morgan fingerprint density at radius 2 is 1.88 bits per heavy atom. The molecule has 0 spiro atoms. The standard InChI is InChI=1S/C16H24F3N3O3S/c1-11(2)15(22-5-7-25-8-6-22)10-21-14-4-3-12(26(20,23)24)9-13(14)16(17,18)19/h3-4,9,11,15,21H,5-8,10H2,1-2H3,(H2,20,23,24). The summed E-state index contributed by atoms with van der Waals surface area (Å²) in [5.74, 6) is 0.221. The average Bonchev–Trinajstić information content (AvgIpc) is 2.54. The smallest absolute Gasteiger partial charge is 0.383 e. The minimum Gasteiger partial charge on any atom is -0.383 e. The number of hydrogen-bond acceptors (Lipinski definition) is 5. The molecule has 1 fully saturated rings. The van der Waals surface area contributed by atoms with E-state index in [9.17, 15) is 21.6 Å². The van der Waals surface area contributed by atoms with Crippen LogP contribution in [-0.2, 0) is 20.9 Å². The van der Waals surface area contributed by atoms with Gasteiger partial charge in [0.15, 0.2) is 0 Å². The van der Waals surface area contributed by atoms with Gasteiger partial charge in [0.2, 0.25) is 10.0 Å². The molecule has 26 heavy (non-hydrogen) atoms. The van der Waals surface area contributed by atoms with Crippen molar-refractivity contribution in [1.29, 1.82) is 0 Å². The van der Waals surface area contributed by atoms with E-state index >= 15 is 0 Å². The lowest BCUT2D eigenvalue weighted by Crippen LogP contribution is -2.49. The van der Waals surface area contributed by atoms with Crippen LogP contribution < -0.4 is 10.5 Å². The fourth-order valence-corrected chi connectivity index (χ4v) is 3.54. The number of rotatable bonds is 6. The van der Waals surface area contributed by atoms with Gasteiger partial charge in [-0.1, -0.05) is 13.8 Å². The van der Waals surface area contributed by atoms with Crippen LogP contribution in [0.25, 0.3) is 0 Å². The Morgan fingerprint density at radius 1 is 1.27 bits per heavy atom. The first-order chi connectivity index (χ1) is 12.0. The number of hydrogen-bond donors (Lipinski definition) is 2. The van der Waals surface area contributed by atoms with E-state index in [4.69, 9.17) is 9.88 Å². The molecule has 1 saturated heterocycles. The number of alkyl halides is 3. The van der Waals surface area contributed by atoms with E-state index in [1.165, 1.54) is 0 Å². The van der Waals surface area contributed by atoms with E-state index in [2.05, 4.69) is 10.2 Å². The van der Waals surface area contributed by atoms with E-state index in [1.54, 1.807) is 0 Å². The van der Waals surface area contributed by atoms with Gasteiger partial charge < -0.3 is 10.1 Å². The molecule has 0 amide bonds. The van der Waals surface area contributed by atoms with Gasteiger partial charge >= 0.3 is 6.18 Å². The predicted octanol–water partition coefficient (Wildman–Crippen LogP) is 2.12. The van der Waals surface area contributed by atoms with Crippen LogP contribution in [0.5, 0.6) is 0 Å². The lowest BCUT2D eigenvalue weighted by molar-refractivity contribution is -0.137. The van der Waals surface area contributed by atoms with Gasteiger partial charge in [0.1, 0.15) is 0 Å². The van der Waals surface area contributed by atoms with Crippen LogP contribution >= 0.6 is 0 Å². The molecule has 2 rings (SSSR count). The van der Waals surface area contributed by atoms with Crippen molar-refractivity contribution in [2.24, 2.45) is 11.1 Å². The zero-order valence-corrected chi connectivity index (χ0v) is 15.5. The Hall–Kier alpha value is -1.36. The molecule has 148 valence electrons. The lowest BCUT2D eigenvalue weighted by Gasteiger charge is -2.37. The maximum absolute atomic E-state index is 13.4. The van der Waals surface area contributed by atoms with Gasteiger partial charge in [0.25, 0.3) is 0 Å². The number of nitrogens with zero attached hydrogens (tertiary/aromatic N) is 1. The summed E-state index contributed by atoms with van der Waals surface area (Å²) in [4.78, 5) is 1.62. The van der Waals surface area contributed by atoms with Gasteiger partial charge in [-0.15, -0.1) is 0 Å². The second-order valence-corrected chi connectivity index (χ2v) is 8.15. The van der Waals surface area contributed by atoms with Gasteiger partial charge in [0.05, 0.1) is 23.7 Å². The minimum atomic E-state index is -4.70. The fourth-order valence-electron chi connectivity index (χ4n) is 3.00. The second kappa shape index (κ2) is 8.12. The Morgan fingerprint density at radius 3 is 2.38 bits per heavy atom. The summed E-state index contributed by atoms with van der Waals surface area (Å²) in [6.07, 6.45) is -4.70. The zero-order chi connectivity index (χ0) is 19.5. The number of benzene rings is 1. The second-order valence-electron chi connectivity index (χ2n) is 6.59. The Kier molecular flexibility index (Phi) is 6.54. The van der Waals surface area contributed by atoms with Crippen molar-refractivity contribution >= 4 is 15.7 Å². The highest BCUT2D eigenvalue weighted by Crippen LogP contribution is 2.36. The molecule has 1 aromatic carbocycles. The molecule has 1 heterocycles. The third-order valence-corrected chi connectivity index (χ3v) is 5.32. The first-order valence-electron chi connectivity index (χ1n) is 8.30. The average molecular weight is 395 g/mol. The lowest BCUT2D eigenvalue weighted by atomic mass is 10.0. The summed E-state index contributed by atoms with van der Waals surface area (Å²) in [5, 5.41) is 7.78. The van der Waals surface area contributed by atoms with Crippen molar-refractivity contribution in [1.82, 2.24) is 4.90 Å². The van der Waals surface area contributed by atoms with E-state index in [1.807, 2.05) is 13.8 Å². The number of nitrogens with one attached hydrogen (secondary N) is 1. The van der Waals surface area contributed by atoms with Crippen molar-refractivity contribution < 1.29 is 26.3 Å². The van der Waals surface area contributed by atoms with E-state index < -0.39 is 26.7 Å². The van der Waals surface area contributed by atoms with Crippen LogP contribution in [0.15, 0.2) is 23.1 Å². The monoisotopic (exact) mass is 395 g/mol. The summed E-state index contributed by atoms with van der Waals surface area (Å²) in [7, 11) is -4.21. The van der Waals surface area contributed by atoms with Crippen molar-refractivity contribution in [2.45, 2.75) is 31.0 Å². The maximum atomic E-state index is 13.4. The Labute approximate surface area is 151 Å². The minimum absolute atomic E-state index is 0.0258. The van der Waals surface area contributed by atoms with Crippen LogP contribution in [0.1, 0.15) is 19.4 Å². The first kappa shape index (κ1) is 20.9. The first-order valence-corrected chi connectivity index (χ1v) is 9.84. The molecule has 1 atom stereocenters. The Balaban J connectivity index is 2.24. The summed E-state index contributed by atoms with van der Waals surface area (Å²) in [5.41, 5.74) is -1.21. The molecule has 0 aliphatic carbocycles. The van der Waals surface area contributed by atoms with E-state index in [-0.39, 0.29) is 17.6 Å². The molecule has 1 unspecified atom stereocenters. The highest BCUT2D eigenvalue weighted by atomic mass is 32.2. The van der Waals surface area contributed by atoms with Crippen LogP contribution in [-0.4, -0.2) is 52.2 Å². The third-order valence-electron chi connectivity index (χ3n) is 4.41. The van der Waals surface area contributed by atoms with Crippen LogP contribution in [0.2, 0.25) is 0 Å². The number of halogens is 3. The molecule has 3 N–H and O–H groups in total. The number of primary sulfonamides is 1. The third kappa shape index (κ3) is 5.32. The summed E-state index contributed by atoms with van der Waals surface area (Å²) >= 11 is 0. The molecule has 1 aliphatic rings. The fraction of sp³-hybridized carbons (Fsp3) is 0.625. The predicted molar refractivity (Wildman–Crippen MR) is 92.3 cm³/mol. The molecule has 10 heteroatoms. The van der Waals surface area contributed by atoms with Gasteiger partial charge in [-0.2, -0.15) is 13.2 Å². The quantitative estimate of drug-likeness (QED) is 0.771. The highest BCUT2D eigenvalue weighted by molar-refractivity contribution is 7.89. The molecular formula is C16H24F3N3O3S. The molecule has 0 aromatic heterocycles. The molecule has 0 saturated carbocycles. The number of anilines is 1. The van der Waals surface area contributed by atoms with Gasteiger partial charge in [-0.3, -0.25) is 4.90 Å². The largest absolute Gasteiger partial charge is 0.418 e. The molecule has 0 radical (unpaired) electrons. The number of nitrogens with two attached hydrogens (primary N) is 1. The molecule has 1 aliphatic heterocycles. The number of morpholine rings is 1. The van der Waals surface area contributed by atoms with Gasteiger partial charge in [-0.05, 0) is 24.1 Å². The van der Waals surface area contributed by atoms with Gasteiger partial charge in [0, 0.05) is 31.4 Å². The highest BCUT2D eigenvalue weighted by Gasteiger charge is 2.35. The van der Waals surface area contributed by atoms with Crippen LogP contribution in [0.4, 0.5) is 18.9 Å². The van der Waals surface area contributed by atoms with Gasteiger partial charge in [-0.25, -0.2) is 13.6 Å².